The van der Waals surface area contributed by atoms with E-state index in [1.54, 1.807) is 36.4 Å². The normalized spacial score (nSPS) is 11.4. The molecule has 0 heterocycles. The zero-order chi connectivity index (χ0) is 20.6. The zero-order valence-electron chi connectivity index (χ0n) is 16.6. The summed E-state index contributed by atoms with van der Waals surface area (Å²) in [6.07, 6.45) is 3.17. The Morgan fingerprint density at radius 2 is 1.68 bits per heavy atom. The zero-order valence-corrected chi connectivity index (χ0v) is 17.5. The van der Waals surface area contributed by atoms with Crippen LogP contribution in [0.4, 0.5) is 0 Å². The fourth-order valence-corrected chi connectivity index (χ4v) is 3.87. The van der Waals surface area contributed by atoms with Crippen LogP contribution in [0, 0.1) is 0 Å². The Kier molecular flexibility index (Phi) is 8.02. The van der Waals surface area contributed by atoms with Gasteiger partial charge in [-0.3, -0.25) is 4.79 Å². The minimum atomic E-state index is -3.61. The molecule has 6 nitrogen and oxygen atoms in total. The van der Waals surface area contributed by atoms with E-state index in [1.807, 2.05) is 0 Å². The number of amides is 1. The first-order valence-corrected chi connectivity index (χ1v) is 10.8. The van der Waals surface area contributed by atoms with Gasteiger partial charge in [0.1, 0.15) is 5.75 Å². The number of nitrogens with zero attached hydrogens (tertiary/aromatic N) is 1. The fourth-order valence-electron chi connectivity index (χ4n) is 2.71. The molecule has 2 aromatic rings. The van der Waals surface area contributed by atoms with Gasteiger partial charge in [0.2, 0.25) is 10.0 Å². The molecule has 0 spiro atoms. The molecule has 0 aliphatic heterocycles. The van der Waals surface area contributed by atoms with E-state index in [0.29, 0.717) is 17.9 Å². The lowest BCUT2D eigenvalue weighted by Crippen LogP contribution is -2.26. The van der Waals surface area contributed by atoms with Crippen LogP contribution in [0.25, 0.3) is 0 Å². The minimum Gasteiger partial charge on any atom is -0.497 e. The van der Waals surface area contributed by atoms with Crippen LogP contribution in [0.2, 0.25) is 0 Å². The van der Waals surface area contributed by atoms with Gasteiger partial charge in [-0.05, 0) is 48.4 Å². The largest absolute Gasteiger partial charge is 0.497 e. The lowest BCUT2D eigenvalue weighted by atomic mass is 10.1. The molecule has 152 valence electrons. The smallest absolute Gasteiger partial charge is 0.251 e. The van der Waals surface area contributed by atoms with Crippen molar-refractivity contribution < 1.29 is 17.9 Å². The van der Waals surface area contributed by atoms with Gasteiger partial charge in [-0.25, -0.2) is 8.42 Å². The Balaban J connectivity index is 1.99. The number of sulfonamides is 1. The van der Waals surface area contributed by atoms with E-state index in [9.17, 15) is 13.2 Å². The number of nitrogens with one attached hydrogen (secondary N) is 1. The lowest BCUT2D eigenvalue weighted by molar-refractivity contribution is 0.0953. The lowest BCUT2D eigenvalue weighted by Gasteiger charge is -2.17. The van der Waals surface area contributed by atoms with Gasteiger partial charge in [0, 0.05) is 25.7 Å². The number of hydrogen-bond donors (Lipinski definition) is 1. The highest BCUT2D eigenvalue weighted by atomic mass is 32.2. The molecule has 0 saturated carbocycles. The predicted molar refractivity (Wildman–Crippen MR) is 110 cm³/mol. The number of methoxy groups -OCH3 is 1. The van der Waals surface area contributed by atoms with Crippen molar-refractivity contribution in [2.75, 3.05) is 20.7 Å². The predicted octanol–water partition coefficient (Wildman–Crippen LogP) is 3.44. The summed E-state index contributed by atoms with van der Waals surface area (Å²) in [7, 11) is -0.539. The molecular formula is C21H28N2O4S. The molecule has 0 aliphatic carbocycles. The molecule has 0 atom stereocenters. The van der Waals surface area contributed by atoms with Crippen LogP contribution in [-0.4, -0.2) is 39.3 Å². The van der Waals surface area contributed by atoms with Gasteiger partial charge in [-0.15, -0.1) is 0 Å². The average Bonchev–Trinajstić information content (AvgIpc) is 2.71. The van der Waals surface area contributed by atoms with E-state index in [1.165, 1.54) is 30.6 Å². The van der Waals surface area contributed by atoms with Crippen molar-refractivity contribution >= 4 is 15.9 Å². The fraction of sp³-hybridized carbons (Fsp3) is 0.381. The van der Waals surface area contributed by atoms with Crippen LogP contribution >= 0.6 is 0 Å². The standard InChI is InChI=1S/C21H28N2O4S/c1-4-5-6-15-22-21(24)18-9-7-17(8-10-18)16-23(2)28(25,26)20-13-11-19(27-3)12-14-20/h7-14H,4-6,15-16H2,1-3H3,(H,22,24). The molecule has 1 N–H and O–H groups in total. The van der Waals surface area contributed by atoms with E-state index >= 15 is 0 Å². The van der Waals surface area contributed by atoms with Crippen LogP contribution in [0.1, 0.15) is 42.1 Å². The molecule has 7 heteroatoms. The van der Waals surface area contributed by atoms with Crippen molar-refractivity contribution in [2.24, 2.45) is 0 Å². The SMILES string of the molecule is CCCCCNC(=O)c1ccc(CN(C)S(=O)(=O)c2ccc(OC)cc2)cc1. The molecule has 0 unspecified atom stereocenters. The first-order valence-electron chi connectivity index (χ1n) is 9.36. The number of benzene rings is 2. The van der Waals surface area contributed by atoms with Gasteiger partial charge >= 0.3 is 0 Å². The maximum atomic E-state index is 12.7. The van der Waals surface area contributed by atoms with E-state index in [0.717, 1.165) is 24.8 Å². The van der Waals surface area contributed by atoms with Gasteiger partial charge < -0.3 is 10.1 Å². The number of carbonyl (C=O) groups is 1. The Labute approximate surface area is 167 Å². The monoisotopic (exact) mass is 404 g/mol. The third-order valence-corrected chi connectivity index (χ3v) is 6.27. The highest BCUT2D eigenvalue weighted by molar-refractivity contribution is 7.89. The molecule has 0 bridgehead atoms. The second-order valence-corrected chi connectivity index (χ2v) is 8.64. The van der Waals surface area contributed by atoms with Gasteiger partial charge in [-0.2, -0.15) is 4.31 Å². The molecule has 2 aromatic carbocycles. The minimum absolute atomic E-state index is 0.109. The summed E-state index contributed by atoms with van der Waals surface area (Å²) in [6.45, 7) is 3.00. The maximum absolute atomic E-state index is 12.7. The van der Waals surface area contributed by atoms with Crippen molar-refractivity contribution in [3.63, 3.8) is 0 Å². The summed E-state index contributed by atoms with van der Waals surface area (Å²) >= 11 is 0. The van der Waals surface area contributed by atoms with Crippen molar-refractivity contribution in [3.8, 4) is 5.75 Å². The Bertz CT molecular complexity index is 862. The van der Waals surface area contributed by atoms with E-state index in [4.69, 9.17) is 4.74 Å². The molecular weight excluding hydrogens is 376 g/mol. The molecule has 2 rings (SSSR count). The molecule has 0 radical (unpaired) electrons. The molecule has 0 aliphatic rings. The van der Waals surface area contributed by atoms with Crippen LogP contribution < -0.4 is 10.1 Å². The summed E-state index contributed by atoms with van der Waals surface area (Å²) in [5, 5.41) is 2.89. The topological polar surface area (TPSA) is 75.7 Å². The maximum Gasteiger partial charge on any atom is 0.251 e. The number of carbonyl (C=O) groups excluding carboxylic acids is 1. The summed E-state index contributed by atoms with van der Waals surface area (Å²) in [5.74, 6) is 0.493. The van der Waals surface area contributed by atoms with Crippen molar-refractivity contribution in [1.82, 2.24) is 9.62 Å². The molecule has 0 fully saturated rings. The van der Waals surface area contributed by atoms with E-state index in [-0.39, 0.29) is 17.3 Å². The van der Waals surface area contributed by atoms with Crippen LogP contribution in [0.3, 0.4) is 0 Å². The number of ether oxygens (including phenoxy) is 1. The van der Waals surface area contributed by atoms with E-state index in [2.05, 4.69) is 12.2 Å². The van der Waals surface area contributed by atoms with E-state index < -0.39 is 10.0 Å². The van der Waals surface area contributed by atoms with Gasteiger partial charge in [0.25, 0.3) is 5.91 Å². The summed E-state index contributed by atoms with van der Waals surface area (Å²) < 4.78 is 31.8. The number of hydrogen-bond acceptors (Lipinski definition) is 4. The number of rotatable bonds is 10. The van der Waals surface area contributed by atoms with Crippen LogP contribution in [-0.2, 0) is 16.6 Å². The average molecular weight is 405 g/mol. The van der Waals surface area contributed by atoms with Crippen molar-refractivity contribution in [1.29, 1.82) is 0 Å². The second kappa shape index (κ2) is 10.2. The van der Waals surface area contributed by atoms with Gasteiger partial charge in [-0.1, -0.05) is 31.9 Å². The van der Waals surface area contributed by atoms with Crippen molar-refractivity contribution in [2.45, 2.75) is 37.6 Å². The first kappa shape index (κ1) is 21.9. The quantitative estimate of drug-likeness (QED) is 0.616. The molecule has 0 saturated heterocycles. The summed E-state index contributed by atoms with van der Waals surface area (Å²) in [6, 6.07) is 13.3. The third-order valence-electron chi connectivity index (χ3n) is 4.45. The summed E-state index contributed by atoms with van der Waals surface area (Å²) in [4.78, 5) is 12.3. The second-order valence-electron chi connectivity index (χ2n) is 6.60. The Hall–Kier alpha value is -2.38. The van der Waals surface area contributed by atoms with Gasteiger partial charge in [0.15, 0.2) is 0 Å². The van der Waals surface area contributed by atoms with Gasteiger partial charge in [0.05, 0.1) is 12.0 Å². The Morgan fingerprint density at radius 1 is 1.04 bits per heavy atom. The van der Waals surface area contributed by atoms with Crippen LogP contribution in [0.5, 0.6) is 5.75 Å². The highest BCUT2D eigenvalue weighted by Crippen LogP contribution is 2.20. The summed E-state index contributed by atoms with van der Waals surface area (Å²) in [5.41, 5.74) is 1.38. The van der Waals surface area contributed by atoms with Crippen molar-refractivity contribution in [3.05, 3.63) is 59.7 Å². The first-order chi connectivity index (χ1) is 13.4. The molecule has 28 heavy (non-hydrogen) atoms. The third kappa shape index (κ3) is 5.81. The molecule has 0 aromatic heterocycles. The Morgan fingerprint density at radius 3 is 2.25 bits per heavy atom. The molecule has 1 amide bonds. The highest BCUT2D eigenvalue weighted by Gasteiger charge is 2.21. The van der Waals surface area contributed by atoms with Crippen LogP contribution in [0.15, 0.2) is 53.4 Å². The number of unbranched alkanes of at least 4 members (excludes halogenated alkanes) is 2.